The lowest BCUT2D eigenvalue weighted by Gasteiger charge is -2.12. The van der Waals surface area contributed by atoms with Crippen molar-refractivity contribution in [3.05, 3.63) is 98.3 Å². The van der Waals surface area contributed by atoms with E-state index in [9.17, 15) is 18.8 Å². The first-order valence-electron chi connectivity index (χ1n) is 8.83. The number of para-hydroxylation sites is 1. The van der Waals surface area contributed by atoms with Gasteiger partial charge in [0.05, 0.1) is 12.1 Å². The van der Waals surface area contributed by atoms with Crippen molar-refractivity contribution < 1.29 is 9.18 Å². The van der Waals surface area contributed by atoms with Crippen LogP contribution in [0.15, 0.2) is 75.6 Å². The summed E-state index contributed by atoms with van der Waals surface area (Å²) in [6, 6.07) is 16.2. The second-order valence-electron chi connectivity index (χ2n) is 6.44. The van der Waals surface area contributed by atoms with Crippen molar-refractivity contribution in [3.63, 3.8) is 0 Å². The largest absolute Gasteiger partial charge is 0.332 e. The molecule has 0 saturated heterocycles. The summed E-state index contributed by atoms with van der Waals surface area (Å²) >= 11 is 1.21. The molecule has 2 aromatic carbocycles. The van der Waals surface area contributed by atoms with E-state index in [-0.39, 0.29) is 19.0 Å². The number of amides is 1. The van der Waals surface area contributed by atoms with Gasteiger partial charge in [0.1, 0.15) is 17.1 Å². The van der Waals surface area contributed by atoms with E-state index in [0.29, 0.717) is 21.5 Å². The van der Waals surface area contributed by atoms with E-state index in [1.54, 1.807) is 35.7 Å². The van der Waals surface area contributed by atoms with Crippen molar-refractivity contribution in [1.29, 1.82) is 0 Å². The Balaban J connectivity index is 1.72. The predicted molar refractivity (Wildman–Crippen MR) is 111 cm³/mol. The molecule has 4 rings (SSSR count). The van der Waals surface area contributed by atoms with Crippen LogP contribution >= 0.6 is 11.3 Å². The molecular weight excluding hydrogens is 393 g/mol. The van der Waals surface area contributed by atoms with Crippen molar-refractivity contribution in [3.8, 4) is 0 Å². The standard InChI is InChI=1S/C21H16FN3O3S/c22-15-8-6-14(7-9-15)12-25-20(27)19-17(10-11-29-19)24(21(25)28)13-18(26)23-16-4-2-1-3-5-16/h1-11H,12-13H2,(H,23,26). The first-order valence-corrected chi connectivity index (χ1v) is 9.71. The van der Waals surface area contributed by atoms with Gasteiger partial charge in [0, 0.05) is 5.69 Å². The summed E-state index contributed by atoms with van der Waals surface area (Å²) < 4.78 is 15.9. The summed E-state index contributed by atoms with van der Waals surface area (Å²) in [5.41, 5.74) is 0.634. The van der Waals surface area contributed by atoms with Crippen molar-refractivity contribution in [1.82, 2.24) is 9.13 Å². The lowest BCUT2D eigenvalue weighted by molar-refractivity contribution is -0.116. The van der Waals surface area contributed by atoms with Crippen LogP contribution in [0.4, 0.5) is 10.1 Å². The van der Waals surface area contributed by atoms with Crippen molar-refractivity contribution >= 4 is 33.1 Å². The van der Waals surface area contributed by atoms with Crippen LogP contribution in [0.1, 0.15) is 5.56 Å². The van der Waals surface area contributed by atoms with E-state index in [2.05, 4.69) is 5.32 Å². The maximum Gasteiger partial charge on any atom is 0.332 e. The summed E-state index contributed by atoms with van der Waals surface area (Å²) in [4.78, 5) is 38.3. The summed E-state index contributed by atoms with van der Waals surface area (Å²) in [6.45, 7) is -0.239. The van der Waals surface area contributed by atoms with Gasteiger partial charge in [-0.3, -0.25) is 18.7 Å². The zero-order valence-corrected chi connectivity index (χ0v) is 16.0. The van der Waals surface area contributed by atoms with Gasteiger partial charge in [0.15, 0.2) is 0 Å². The molecule has 0 radical (unpaired) electrons. The van der Waals surface area contributed by atoms with Crippen LogP contribution < -0.4 is 16.6 Å². The fourth-order valence-electron chi connectivity index (χ4n) is 3.06. The lowest BCUT2D eigenvalue weighted by atomic mass is 10.2. The maximum absolute atomic E-state index is 13.2. The molecule has 2 aromatic heterocycles. The van der Waals surface area contributed by atoms with E-state index in [1.165, 1.54) is 40.2 Å². The van der Waals surface area contributed by atoms with E-state index in [0.717, 1.165) is 4.57 Å². The molecule has 8 heteroatoms. The number of fused-ring (bicyclic) bond motifs is 1. The minimum atomic E-state index is -0.589. The average molecular weight is 409 g/mol. The van der Waals surface area contributed by atoms with E-state index < -0.39 is 17.1 Å². The number of benzene rings is 2. The van der Waals surface area contributed by atoms with Crippen LogP contribution in [0.3, 0.4) is 0 Å². The van der Waals surface area contributed by atoms with Gasteiger partial charge in [-0.15, -0.1) is 11.3 Å². The number of carbonyl (C=O) groups excluding carboxylic acids is 1. The molecule has 0 fully saturated rings. The second kappa shape index (κ2) is 7.84. The van der Waals surface area contributed by atoms with Gasteiger partial charge in [0.25, 0.3) is 5.56 Å². The van der Waals surface area contributed by atoms with Gasteiger partial charge in [0.2, 0.25) is 5.91 Å². The molecule has 4 aromatic rings. The van der Waals surface area contributed by atoms with Gasteiger partial charge in [-0.05, 0) is 41.3 Å². The van der Waals surface area contributed by atoms with Gasteiger partial charge >= 0.3 is 5.69 Å². The van der Waals surface area contributed by atoms with Crippen LogP contribution in [0, 0.1) is 5.82 Å². The van der Waals surface area contributed by atoms with Gasteiger partial charge < -0.3 is 5.32 Å². The zero-order chi connectivity index (χ0) is 20.4. The molecule has 0 unspecified atom stereocenters. The monoisotopic (exact) mass is 409 g/mol. The Labute approximate surface area is 168 Å². The molecule has 2 heterocycles. The molecule has 0 bridgehead atoms. The van der Waals surface area contributed by atoms with Crippen LogP contribution in [0.5, 0.6) is 0 Å². The first kappa shape index (κ1) is 18.8. The summed E-state index contributed by atoms with van der Waals surface area (Å²) in [5, 5.41) is 4.45. The highest BCUT2D eigenvalue weighted by molar-refractivity contribution is 7.17. The third-order valence-corrected chi connectivity index (χ3v) is 5.34. The molecule has 0 atom stereocenters. The van der Waals surface area contributed by atoms with E-state index in [4.69, 9.17) is 0 Å². The summed E-state index contributed by atoms with van der Waals surface area (Å²) in [5.74, 6) is -0.775. The lowest BCUT2D eigenvalue weighted by Crippen LogP contribution is -2.41. The predicted octanol–water partition coefficient (Wildman–Crippen LogP) is 3.05. The molecule has 0 aliphatic heterocycles. The number of anilines is 1. The Morgan fingerprint density at radius 1 is 0.966 bits per heavy atom. The van der Waals surface area contributed by atoms with Crippen LogP contribution in [0.2, 0.25) is 0 Å². The molecular formula is C21H16FN3O3S. The van der Waals surface area contributed by atoms with Gasteiger partial charge in [-0.1, -0.05) is 30.3 Å². The number of nitrogens with one attached hydrogen (secondary N) is 1. The third-order valence-electron chi connectivity index (χ3n) is 4.45. The number of thiophene rings is 1. The number of nitrogens with zero attached hydrogens (tertiary/aromatic N) is 2. The average Bonchev–Trinajstić information content (AvgIpc) is 3.21. The van der Waals surface area contributed by atoms with Crippen LogP contribution in [-0.4, -0.2) is 15.0 Å². The Morgan fingerprint density at radius 2 is 1.69 bits per heavy atom. The number of hydrogen-bond acceptors (Lipinski definition) is 4. The Hall–Kier alpha value is -3.52. The maximum atomic E-state index is 13.2. The van der Waals surface area contributed by atoms with Gasteiger partial charge in [-0.2, -0.15) is 0 Å². The minimum absolute atomic E-state index is 0.00785. The van der Waals surface area contributed by atoms with E-state index >= 15 is 0 Å². The number of halogens is 1. The summed E-state index contributed by atoms with van der Waals surface area (Å²) in [7, 11) is 0. The van der Waals surface area contributed by atoms with Crippen LogP contribution in [-0.2, 0) is 17.9 Å². The smallest absolute Gasteiger partial charge is 0.325 e. The van der Waals surface area contributed by atoms with Crippen LogP contribution in [0.25, 0.3) is 10.2 Å². The molecule has 0 spiro atoms. The molecule has 1 amide bonds. The Morgan fingerprint density at radius 3 is 2.41 bits per heavy atom. The minimum Gasteiger partial charge on any atom is -0.325 e. The van der Waals surface area contributed by atoms with Crippen molar-refractivity contribution in [2.75, 3.05) is 5.32 Å². The van der Waals surface area contributed by atoms with Crippen molar-refractivity contribution in [2.45, 2.75) is 13.1 Å². The SMILES string of the molecule is O=C(Cn1c(=O)n(Cc2ccc(F)cc2)c(=O)c2sccc21)Nc1ccccc1. The zero-order valence-electron chi connectivity index (χ0n) is 15.2. The molecule has 6 nitrogen and oxygen atoms in total. The second-order valence-corrected chi connectivity index (χ2v) is 7.35. The normalized spacial score (nSPS) is 10.9. The number of hydrogen-bond donors (Lipinski definition) is 1. The highest BCUT2D eigenvalue weighted by Crippen LogP contribution is 2.16. The number of rotatable bonds is 5. The topological polar surface area (TPSA) is 73.1 Å². The Bertz CT molecular complexity index is 1290. The number of aromatic nitrogens is 2. The van der Waals surface area contributed by atoms with Crippen molar-refractivity contribution in [2.24, 2.45) is 0 Å². The fourth-order valence-corrected chi connectivity index (χ4v) is 3.91. The van der Waals surface area contributed by atoms with Gasteiger partial charge in [-0.25, -0.2) is 9.18 Å². The highest BCUT2D eigenvalue weighted by Gasteiger charge is 2.17. The molecule has 0 aliphatic rings. The van der Waals surface area contributed by atoms with E-state index in [1.807, 2.05) is 6.07 Å². The molecule has 1 N–H and O–H groups in total. The summed E-state index contributed by atoms with van der Waals surface area (Å²) in [6.07, 6.45) is 0. The quantitative estimate of drug-likeness (QED) is 0.551. The first-order chi connectivity index (χ1) is 14.0. The third kappa shape index (κ3) is 3.88. The molecule has 0 saturated carbocycles. The number of carbonyl (C=O) groups is 1. The molecule has 146 valence electrons. The molecule has 0 aliphatic carbocycles. The Kier molecular flexibility index (Phi) is 5.09. The molecule has 29 heavy (non-hydrogen) atoms. The highest BCUT2D eigenvalue weighted by atomic mass is 32.1. The fraction of sp³-hybridized carbons (Fsp3) is 0.0952.